The topological polar surface area (TPSA) is 52.0 Å². The molecule has 2 aromatic heterocycles. The maximum Gasteiger partial charge on any atom is 0.0950 e. The number of nitrogens with two attached hydrogens (primary N) is 1. The van der Waals surface area contributed by atoms with E-state index in [4.69, 9.17) is 10.2 Å². The zero-order valence-corrected chi connectivity index (χ0v) is 7.83. The van der Waals surface area contributed by atoms with Crippen molar-refractivity contribution >= 4 is 11.3 Å². The fourth-order valence-electron chi connectivity index (χ4n) is 1.16. The van der Waals surface area contributed by atoms with Crippen LogP contribution in [-0.4, -0.2) is 4.98 Å². The molecule has 2 rings (SSSR count). The first kappa shape index (κ1) is 8.47. The number of furan rings is 1. The van der Waals surface area contributed by atoms with Gasteiger partial charge in [0, 0.05) is 29.1 Å². The fraction of sp³-hybridized carbons (Fsp3) is 0.222. The van der Waals surface area contributed by atoms with Gasteiger partial charge in [0.05, 0.1) is 18.0 Å². The first-order chi connectivity index (χ1) is 6.36. The number of nitrogens with zero attached hydrogens (tertiary/aromatic N) is 1. The summed E-state index contributed by atoms with van der Waals surface area (Å²) in [6.45, 7) is 0. The van der Waals surface area contributed by atoms with Crippen molar-refractivity contribution < 1.29 is 4.42 Å². The average molecular weight is 194 g/mol. The summed E-state index contributed by atoms with van der Waals surface area (Å²) < 4.78 is 4.96. The van der Waals surface area contributed by atoms with Crippen LogP contribution >= 0.6 is 11.3 Å². The minimum atomic E-state index is 0.0131. The molecule has 0 aliphatic heterocycles. The number of hydrogen-bond donors (Lipinski definition) is 1. The van der Waals surface area contributed by atoms with Crippen molar-refractivity contribution in [1.82, 2.24) is 4.98 Å². The molecule has 1 atom stereocenters. The molecule has 1 unspecified atom stereocenters. The molecule has 0 bridgehead atoms. The van der Waals surface area contributed by atoms with Crippen molar-refractivity contribution in [2.24, 2.45) is 5.73 Å². The minimum absolute atomic E-state index is 0.0131. The van der Waals surface area contributed by atoms with Crippen LogP contribution in [-0.2, 0) is 6.42 Å². The summed E-state index contributed by atoms with van der Waals surface area (Å²) >= 11 is 1.63. The molecule has 0 aliphatic rings. The molecule has 0 spiro atoms. The summed E-state index contributed by atoms with van der Waals surface area (Å²) in [5.74, 6) is 0. The first-order valence-electron chi connectivity index (χ1n) is 4.01. The highest BCUT2D eigenvalue weighted by molar-refractivity contribution is 7.09. The predicted octanol–water partition coefficient (Wildman–Crippen LogP) is 1.98. The number of aromatic nitrogens is 1. The van der Waals surface area contributed by atoms with Gasteiger partial charge < -0.3 is 10.2 Å². The molecule has 0 saturated heterocycles. The van der Waals surface area contributed by atoms with Crippen molar-refractivity contribution in [1.29, 1.82) is 0 Å². The van der Waals surface area contributed by atoms with Crippen LogP contribution in [0, 0.1) is 0 Å². The van der Waals surface area contributed by atoms with Crippen LogP contribution in [0.25, 0.3) is 0 Å². The van der Waals surface area contributed by atoms with E-state index >= 15 is 0 Å². The number of thiazole rings is 1. The molecular weight excluding hydrogens is 184 g/mol. The normalized spacial score (nSPS) is 13.0. The molecular formula is C9H10N2OS. The maximum absolute atomic E-state index is 5.95. The van der Waals surface area contributed by atoms with E-state index in [9.17, 15) is 0 Å². The molecule has 68 valence electrons. The van der Waals surface area contributed by atoms with Crippen LogP contribution in [0.15, 0.2) is 34.7 Å². The zero-order valence-electron chi connectivity index (χ0n) is 7.01. The van der Waals surface area contributed by atoms with Crippen LogP contribution < -0.4 is 5.73 Å². The Morgan fingerprint density at radius 2 is 2.54 bits per heavy atom. The SMILES string of the molecule is NC(Cc1cncs1)c1ccoc1. The van der Waals surface area contributed by atoms with Gasteiger partial charge in [-0.1, -0.05) is 0 Å². The van der Waals surface area contributed by atoms with Crippen molar-refractivity contribution in [2.45, 2.75) is 12.5 Å². The monoisotopic (exact) mass is 194 g/mol. The second-order valence-electron chi connectivity index (χ2n) is 2.84. The molecule has 0 aromatic carbocycles. The highest BCUT2D eigenvalue weighted by Gasteiger charge is 2.08. The lowest BCUT2D eigenvalue weighted by molar-refractivity contribution is 0.558. The summed E-state index contributed by atoms with van der Waals surface area (Å²) in [4.78, 5) is 5.20. The van der Waals surface area contributed by atoms with Gasteiger partial charge in [0.15, 0.2) is 0 Å². The molecule has 2 heterocycles. The highest BCUT2D eigenvalue weighted by atomic mass is 32.1. The van der Waals surface area contributed by atoms with E-state index in [0.717, 1.165) is 12.0 Å². The molecule has 0 amide bonds. The molecule has 0 fully saturated rings. The third kappa shape index (κ3) is 1.96. The lowest BCUT2D eigenvalue weighted by Gasteiger charge is -2.05. The second kappa shape index (κ2) is 3.72. The third-order valence-corrected chi connectivity index (χ3v) is 2.68. The maximum atomic E-state index is 5.95. The second-order valence-corrected chi connectivity index (χ2v) is 3.81. The van der Waals surface area contributed by atoms with E-state index in [1.54, 1.807) is 23.9 Å². The molecule has 2 aromatic rings. The molecule has 0 radical (unpaired) electrons. The number of rotatable bonds is 3. The standard InChI is InChI=1S/C9H10N2OS/c10-9(7-1-2-12-5-7)3-8-4-11-6-13-8/h1-2,4-6,9H,3,10H2. The Hall–Kier alpha value is -1.13. The molecule has 4 heteroatoms. The Kier molecular flexibility index (Phi) is 2.42. The number of hydrogen-bond acceptors (Lipinski definition) is 4. The van der Waals surface area contributed by atoms with Crippen molar-refractivity contribution in [3.05, 3.63) is 40.7 Å². The molecule has 3 nitrogen and oxygen atoms in total. The van der Waals surface area contributed by atoms with Crippen LogP contribution in [0.5, 0.6) is 0 Å². The lowest BCUT2D eigenvalue weighted by atomic mass is 10.1. The van der Waals surface area contributed by atoms with Crippen LogP contribution in [0.4, 0.5) is 0 Å². The summed E-state index contributed by atoms with van der Waals surface area (Å²) in [5.41, 5.74) is 8.80. The lowest BCUT2D eigenvalue weighted by Crippen LogP contribution is -2.11. The van der Waals surface area contributed by atoms with Gasteiger partial charge in [-0.2, -0.15) is 0 Å². The summed E-state index contributed by atoms with van der Waals surface area (Å²) in [7, 11) is 0. The minimum Gasteiger partial charge on any atom is -0.472 e. The molecule has 13 heavy (non-hydrogen) atoms. The van der Waals surface area contributed by atoms with Crippen LogP contribution in [0.1, 0.15) is 16.5 Å². The zero-order chi connectivity index (χ0) is 9.10. The molecule has 2 N–H and O–H groups in total. The summed E-state index contributed by atoms with van der Waals surface area (Å²) in [6.07, 6.45) is 6.00. The van der Waals surface area contributed by atoms with E-state index in [-0.39, 0.29) is 6.04 Å². The van der Waals surface area contributed by atoms with Gasteiger partial charge in [0.1, 0.15) is 0 Å². The Labute approximate surface area is 80.2 Å². The van der Waals surface area contributed by atoms with Gasteiger partial charge in [0.2, 0.25) is 0 Å². The van der Waals surface area contributed by atoms with Gasteiger partial charge in [0.25, 0.3) is 0 Å². The van der Waals surface area contributed by atoms with E-state index in [1.807, 2.05) is 17.8 Å². The summed E-state index contributed by atoms with van der Waals surface area (Å²) in [5, 5.41) is 0. The fourth-order valence-corrected chi connectivity index (χ4v) is 1.82. The van der Waals surface area contributed by atoms with Crippen molar-refractivity contribution in [2.75, 3.05) is 0 Å². The third-order valence-electron chi connectivity index (χ3n) is 1.88. The molecule has 0 aliphatic carbocycles. The van der Waals surface area contributed by atoms with Crippen LogP contribution in [0.3, 0.4) is 0 Å². The Morgan fingerprint density at radius 3 is 3.15 bits per heavy atom. The van der Waals surface area contributed by atoms with E-state index < -0.39 is 0 Å². The van der Waals surface area contributed by atoms with E-state index in [1.165, 1.54) is 4.88 Å². The predicted molar refractivity (Wildman–Crippen MR) is 51.5 cm³/mol. The molecule has 0 saturated carbocycles. The highest BCUT2D eigenvalue weighted by Crippen LogP contribution is 2.18. The first-order valence-corrected chi connectivity index (χ1v) is 4.89. The van der Waals surface area contributed by atoms with Gasteiger partial charge >= 0.3 is 0 Å². The smallest absolute Gasteiger partial charge is 0.0950 e. The van der Waals surface area contributed by atoms with E-state index in [2.05, 4.69) is 4.98 Å². The van der Waals surface area contributed by atoms with Gasteiger partial charge in [-0.3, -0.25) is 4.98 Å². The largest absolute Gasteiger partial charge is 0.472 e. The summed E-state index contributed by atoms with van der Waals surface area (Å²) in [6, 6.07) is 1.91. The van der Waals surface area contributed by atoms with E-state index in [0.29, 0.717) is 0 Å². The Bertz CT molecular complexity index is 342. The Morgan fingerprint density at radius 1 is 1.62 bits per heavy atom. The van der Waals surface area contributed by atoms with Gasteiger partial charge in [-0.25, -0.2) is 0 Å². The van der Waals surface area contributed by atoms with Gasteiger partial charge in [-0.05, 0) is 6.07 Å². The van der Waals surface area contributed by atoms with Crippen molar-refractivity contribution in [3.63, 3.8) is 0 Å². The quantitative estimate of drug-likeness (QED) is 0.812. The van der Waals surface area contributed by atoms with Gasteiger partial charge in [-0.15, -0.1) is 11.3 Å². The Balaban J connectivity index is 2.04. The van der Waals surface area contributed by atoms with Crippen LogP contribution in [0.2, 0.25) is 0 Å². The van der Waals surface area contributed by atoms with Crippen molar-refractivity contribution in [3.8, 4) is 0 Å². The average Bonchev–Trinajstić information content (AvgIpc) is 2.74.